The van der Waals surface area contributed by atoms with E-state index in [-0.39, 0.29) is 5.56 Å². The Bertz CT molecular complexity index is 1280. The van der Waals surface area contributed by atoms with Gasteiger partial charge in [0, 0.05) is 12.6 Å². The summed E-state index contributed by atoms with van der Waals surface area (Å²) in [5, 5.41) is 9.35. The van der Waals surface area contributed by atoms with E-state index in [1.54, 1.807) is 16.8 Å². The fraction of sp³-hybridized carbons (Fsp3) is 0.200. The zero-order chi connectivity index (χ0) is 20.9. The number of benzene rings is 2. The molecule has 0 aliphatic carbocycles. The molecule has 2 aromatic heterocycles. The fourth-order valence-electron chi connectivity index (χ4n) is 3.59. The molecule has 4 rings (SSSR count). The zero-order valence-corrected chi connectivity index (χ0v) is 16.9. The molecule has 2 heterocycles. The van der Waals surface area contributed by atoms with Crippen LogP contribution in [-0.2, 0) is 13.0 Å². The Morgan fingerprint density at radius 3 is 2.60 bits per heavy atom. The monoisotopic (exact) mass is 394 g/mol. The molecule has 0 saturated carbocycles. The maximum atomic E-state index is 13.1. The van der Waals surface area contributed by atoms with Crippen molar-refractivity contribution in [2.45, 2.75) is 32.7 Å². The maximum absolute atomic E-state index is 13.1. The second-order valence-electron chi connectivity index (χ2n) is 7.25. The summed E-state index contributed by atoms with van der Waals surface area (Å²) in [7, 11) is 0. The van der Waals surface area contributed by atoms with Crippen LogP contribution in [0.25, 0.3) is 22.2 Å². The predicted octanol–water partition coefficient (Wildman–Crippen LogP) is 4.72. The highest BCUT2D eigenvalue weighted by Gasteiger charge is 2.12. The van der Waals surface area contributed by atoms with Crippen molar-refractivity contribution < 1.29 is 0 Å². The molecule has 30 heavy (non-hydrogen) atoms. The van der Waals surface area contributed by atoms with Crippen LogP contribution in [0.3, 0.4) is 0 Å². The topological polar surface area (TPSA) is 71.6 Å². The minimum absolute atomic E-state index is 0.106. The van der Waals surface area contributed by atoms with Crippen molar-refractivity contribution in [3.05, 3.63) is 94.2 Å². The summed E-state index contributed by atoms with van der Waals surface area (Å²) in [5.41, 5.74) is 4.48. The largest absolute Gasteiger partial charge is 0.290 e. The second kappa shape index (κ2) is 8.71. The first-order valence-corrected chi connectivity index (χ1v) is 10.1. The van der Waals surface area contributed by atoms with E-state index in [0.29, 0.717) is 23.1 Å². The van der Waals surface area contributed by atoms with Gasteiger partial charge in [-0.25, -0.2) is 9.97 Å². The molecule has 0 radical (unpaired) electrons. The van der Waals surface area contributed by atoms with Gasteiger partial charge < -0.3 is 0 Å². The van der Waals surface area contributed by atoms with E-state index in [1.807, 2.05) is 54.6 Å². The normalized spacial score (nSPS) is 10.8. The van der Waals surface area contributed by atoms with Crippen LogP contribution in [0.1, 0.15) is 36.7 Å². The van der Waals surface area contributed by atoms with Gasteiger partial charge in [-0.05, 0) is 41.3 Å². The number of pyridine rings is 1. The van der Waals surface area contributed by atoms with Gasteiger partial charge in [-0.15, -0.1) is 0 Å². The summed E-state index contributed by atoms with van der Waals surface area (Å²) in [6.45, 7) is 2.57. The highest BCUT2D eigenvalue weighted by Crippen LogP contribution is 2.23. The Morgan fingerprint density at radius 1 is 1.03 bits per heavy atom. The SMILES string of the molecule is CCCCc1nc2cccnc2c(=O)n1Cc1ccc(-c2ccccc2C#N)cc1. The molecule has 0 aliphatic rings. The Morgan fingerprint density at radius 2 is 1.83 bits per heavy atom. The third-order valence-corrected chi connectivity index (χ3v) is 5.20. The summed E-state index contributed by atoms with van der Waals surface area (Å²) in [6.07, 6.45) is 4.39. The molecule has 5 nitrogen and oxygen atoms in total. The molecule has 4 aromatic rings. The Balaban J connectivity index is 1.71. The van der Waals surface area contributed by atoms with Crippen molar-refractivity contribution in [2.24, 2.45) is 0 Å². The van der Waals surface area contributed by atoms with Gasteiger partial charge in [0.25, 0.3) is 5.56 Å². The summed E-state index contributed by atoms with van der Waals surface area (Å²) in [4.78, 5) is 22.1. The lowest BCUT2D eigenvalue weighted by atomic mass is 9.99. The Hall–Kier alpha value is -3.78. The number of unbranched alkanes of at least 4 members (excludes halogenated alkanes) is 1. The van der Waals surface area contributed by atoms with Crippen LogP contribution >= 0.6 is 0 Å². The lowest BCUT2D eigenvalue weighted by Gasteiger charge is -2.14. The maximum Gasteiger partial charge on any atom is 0.280 e. The summed E-state index contributed by atoms with van der Waals surface area (Å²) >= 11 is 0. The van der Waals surface area contributed by atoms with Gasteiger partial charge in [0.15, 0.2) is 5.52 Å². The van der Waals surface area contributed by atoms with Gasteiger partial charge in [0.05, 0.1) is 23.7 Å². The van der Waals surface area contributed by atoms with Gasteiger partial charge in [-0.1, -0.05) is 55.8 Å². The summed E-state index contributed by atoms with van der Waals surface area (Å²) < 4.78 is 1.74. The minimum Gasteiger partial charge on any atom is -0.290 e. The van der Waals surface area contributed by atoms with E-state index >= 15 is 0 Å². The highest BCUT2D eigenvalue weighted by atomic mass is 16.1. The molecule has 0 amide bonds. The van der Waals surface area contributed by atoms with Gasteiger partial charge in [-0.2, -0.15) is 5.26 Å². The van der Waals surface area contributed by atoms with Crippen molar-refractivity contribution in [1.82, 2.24) is 14.5 Å². The standard InChI is InChI=1S/C25H22N4O/c1-2-3-10-23-28-22-9-6-15-27-24(22)25(30)29(23)17-18-11-13-19(14-12-18)21-8-5-4-7-20(21)16-26/h4-9,11-15H,2-3,10,17H2,1H3. The summed E-state index contributed by atoms with van der Waals surface area (Å²) in [5.74, 6) is 0.793. The lowest BCUT2D eigenvalue weighted by molar-refractivity contribution is 0.645. The quantitative estimate of drug-likeness (QED) is 0.474. The van der Waals surface area contributed by atoms with E-state index in [9.17, 15) is 10.1 Å². The van der Waals surface area contributed by atoms with Crippen LogP contribution in [0.5, 0.6) is 0 Å². The molecule has 0 fully saturated rings. The number of rotatable bonds is 6. The van der Waals surface area contributed by atoms with Crippen molar-refractivity contribution in [3.63, 3.8) is 0 Å². The number of fused-ring (bicyclic) bond motifs is 1. The minimum atomic E-state index is -0.106. The first-order valence-electron chi connectivity index (χ1n) is 10.1. The molecule has 0 atom stereocenters. The molecule has 0 saturated heterocycles. The second-order valence-corrected chi connectivity index (χ2v) is 7.25. The highest BCUT2D eigenvalue weighted by molar-refractivity contribution is 5.72. The van der Waals surface area contributed by atoms with Gasteiger partial charge in [0.1, 0.15) is 5.82 Å². The van der Waals surface area contributed by atoms with Crippen LogP contribution in [0.4, 0.5) is 0 Å². The molecule has 0 N–H and O–H groups in total. The average molecular weight is 394 g/mol. The van der Waals surface area contributed by atoms with E-state index in [1.165, 1.54) is 0 Å². The third kappa shape index (κ3) is 3.85. The molecule has 0 bridgehead atoms. The molecule has 2 aromatic carbocycles. The number of nitrogens with zero attached hydrogens (tertiary/aromatic N) is 4. The number of hydrogen-bond donors (Lipinski definition) is 0. The number of aryl methyl sites for hydroxylation is 1. The van der Waals surface area contributed by atoms with E-state index in [2.05, 4.69) is 18.0 Å². The van der Waals surface area contributed by atoms with E-state index < -0.39 is 0 Å². The van der Waals surface area contributed by atoms with Crippen molar-refractivity contribution in [1.29, 1.82) is 5.26 Å². The van der Waals surface area contributed by atoms with Gasteiger partial charge in [0.2, 0.25) is 0 Å². The lowest BCUT2D eigenvalue weighted by Crippen LogP contribution is -2.26. The van der Waals surface area contributed by atoms with Crippen molar-refractivity contribution in [3.8, 4) is 17.2 Å². The molecular formula is C25H22N4O. The van der Waals surface area contributed by atoms with Gasteiger partial charge in [-0.3, -0.25) is 9.36 Å². The zero-order valence-electron chi connectivity index (χ0n) is 16.9. The van der Waals surface area contributed by atoms with Crippen LogP contribution < -0.4 is 5.56 Å². The molecule has 5 heteroatoms. The smallest absolute Gasteiger partial charge is 0.280 e. The Kier molecular flexibility index (Phi) is 5.67. The number of aromatic nitrogens is 3. The first-order chi connectivity index (χ1) is 14.7. The van der Waals surface area contributed by atoms with Crippen LogP contribution in [0, 0.1) is 11.3 Å². The molecule has 148 valence electrons. The fourth-order valence-corrected chi connectivity index (χ4v) is 3.59. The molecule has 0 spiro atoms. The molecular weight excluding hydrogens is 372 g/mol. The molecule has 0 aliphatic heterocycles. The number of hydrogen-bond acceptors (Lipinski definition) is 4. The third-order valence-electron chi connectivity index (χ3n) is 5.20. The van der Waals surface area contributed by atoms with E-state index in [4.69, 9.17) is 4.98 Å². The number of nitriles is 1. The van der Waals surface area contributed by atoms with Crippen LogP contribution in [-0.4, -0.2) is 14.5 Å². The van der Waals surface area contributed by atoms with Gasteiger partial charge >= 0.3 is 0 Å². The van der Waals surface area contributed by atoms with Crippen LogP contribution in [0.15, 0.2) is 71.7 Å². The predicted molar refractivity (Wildman–Crippen MR) is 118 cm³/mol. The average Bonchev–Trinajstić information content (AvgIpc) is 2.80. The van der Waals surface area contributed by atoms with Crippen molar-refractivity contribution >= 4 is 11.0 Å². The molecule has 0 unspecified atom stereocenters. The van der Waals surface area contributed by atoms with Crippen molar-refractivity contribution in [2.75, 3.05) is 0 Å². The van der Waals surface area contributed by atoms with Crippen LogP contribution in [0.2, 0.25) is 0 Å². The summed E-state index contributed by atoms with van der Waals surface area (Å²) in [6, 6.07) is 21.4. The first kappa shape index (κ1) is 19.5. The van der Waals surface area contributed by atoms with E-state index in [0.717, 1.165) is 41.8 Å². The Labute approximate surface area is 175 Å².